The Hall–Kier alpha value is -1.53. The molecule has 0 aromatic carbocycles. The van der Waals surface area contributed by atoms with E-state index in [2.05, 4.69) is 22.5 Å². The van der Waals surface area contributed by atoms with Crippen LogP contribution in [0, 0.1) is 6.92 Å². The molecule has 22 heavy (non-hydrogen) atoms. The summed E-state index contributed by atoms with van der Waals surface area (Å²) in [4.78, 5) is 14.2. The van der Waals surface area contributed by atoms with Gasteiger partial charge in [0, 0.05) is 19.1 Å². The van der Waals surface area contributed by atoms with E-state index in [1.807, 2.05) is 6.92 Å². The number of likely N-dealkylation sites (N-methyl/N-ethyl adjacent to an activating group) is 1. The van der Waals surface area contributed by atoms with Crippen LogP contribution in [-0.4, -0.2) is 48.3 Å². The summed E-state index contributed by atoms with van der Waals surface area (Å²) in [5, 5.41) is 15.9. The van der Waals surface area contributed by atoms with Gasteiger partial charge in [0.25, 0.3) is 0 Å². The molecule has 6 heteroatoms. The van der Waals surface area contributed by atoms with Gasteiger partial charge >= 0.3 is 6.03 Å². The minimum atomic E-state index is -1.21. The highest BCUT2D eigenvalue weighted by Crippen LogP contribution is 2.25. The molecule has 0 aliphatic heterocycles. The van der Waals surface area contributed by atoms with Crippen LogP contribution in [0.4, 0.5) is 4.79 Å². The van der Waals surface area contributed by atoms with E-state index in [4.69, 9.17) is 4.42 Å². The van der Waals surface area contributed by atoms with E-state index in [0.29, 0.717) is 18.3 Å². The number of hydrogen-bond donors (Lipinski definition) is 3. The van der Waals surface area contributed by atoms with E-state index in [1.165, 1.54) is 12.8 Å². The van der Waals surface area contributed by atoms with Crippen molar-refractivity contribution in [1.82, 2.24) is 15.5 Å². The van der Waals surface area contributed by atoms with E-state index in [-0.39, 0.29) is 12.6 Å². The first-order valence-electron chi connectivity index (χ1n) is 7.97. The van der Waals surface area contributed by atoms with Crippen LogP contribution in [0.1, 0.15) is 38.2 Å². The highest BCUT2D eigenvalue weighted by atomic mass is 16.4. The molecule has 1 saturated carbocycles. The van der Waals surface area contributed by atoms with Gasteiger partial charge < -0.3 is 20.2 Å². The van der Waals surface area contributed by atoms with Gasteiger partial charge in [-0.3, -0.25) is 4.90 Å². The van der Waals surface area contributed by atoms with Gasteiger partial charge in [0.15, 0.2) is 0 Å². The zero-order valence-electron chi connectivity index (χ0n) is 13.7. The Morgan fingerprint density at radius 2 is 2.18 bits per heavy atom. The van der Waals surface area contributed by atoms with Gasteiger partial charge in [0.05, 0.1) is 6.54 Å². The summed E-state index contributed by atoms with van der Waals surface area (Å²) in [6.45, 7) is 8.17. The molecule has 1 heterocycles. The first-order chi connectivity index (χ1) is 10.4. The molecular weight excluding hydrogens is 282 g/mol. The monoisotopic (exact) mass is 309 g/mol. The van der Waals surface area contributed by atoms with E-state index < -0.39 is 5.60 Å². The Labute approximate surface area is 131 Å². The summed E-state index contributed by atoms with van der Waals surface area (Å²) in [7, 11) is 0. The maximum absolute atomic E-state index is 11.8. The van der Waals surface area contributed by atoms with Crippen molar-refractivity contribution < 1.29 is 14.3 Å². The van der Waals surface area contributed by atoms with Crippen LogP contribution in [0.2, 0.25) is 0 Å². The number of aryl methyl sites for hydroxylation is 1. The summed E-state index contributed by atoms with van der Waals surface area (Å²) >= 11 is 0. The fraction of sp³-hybridized carbons (Fsp3) is 0.688. The summed E-state index contributed by atoms with van der Waals surface area (Å²) in [5.74, 6) is 1.19. The molecule has 3 N–H and O–H groups in total. The third-order valence-corrected chi connectivity index (χ3v) is 4.02. The average molecular weight is 309 g/mol. The fourth-order valence-electron chi connectivity index (χ4n) is 2.48. The van der Waals surface area contributed by atoms with Gasteiger partial charge in [-0.1, -0.05) is 6.92 Å². The van der Waals surface area contributed by atoms with Gasteiger partial charge in [-0.05, 0) is 45.4 Å². The summed E-state index contributed by atoms with van der Waals surface area (Å²) < 4.78 is 5.41. The van der Waals surface area contributed by atoms with Gasteiger partial charge in [0.1, 0.15) is 17.1 Å². The minimum absolute atomic E-state index is 0.103. The number of amides is 2. The standard InChI is InChI=1S/C16H27N3O3/c1-4-19(13-6-7-13)10-9-17-15(20)18-11-16(3,21)14-8-5-12(2)22-14/h5,8,13,21H,4,6-7,9-11H2,1-3H3,(H2,17,18,20). The van der Waals surface area contributed by atoms with Crippen LogP contribution < -0.4 is 10.6 Å². The number of hydrogen-bond acceptors (Lipinski definition) is 4. The average Bonchev–Trinajstić information content (AvgIpc) is 3.22. The maximum Gasteiger partial charge on any atom is 0.314 e. The molecule has 1 aromatic heterocycles. The number of carbonyl (C=O) groups excluding carboxylic acids is 1. The lowest BCUT2D eigenvalue weighted by molar-refractivity contribution is 0.0359. The van der Waals surface area contributed by atoms with Crippen molar-refractivity contribution in [3.05, 3.63) is 23.7 Å². The van der Waals surface area contributed by atoms with Crippen molar-refractivity contribution in [2.75, 3.05) is 26.2 Å². The molecule has 1 fully saturated rings. The molecule has 0 saturated heterocycles. The van der Waals surface area contributed by atoms with Crippen molar-refractivity contribution in [3.8, 4) is 0 Å². The highest BCUT2D eigenvalue weighted by molar-refractivity contribution is 5.73. The molecule has 0 radical (unpaired) electrons. The number of rotatable bonds is 8. The van der Waals surface area contributed by atoms with E-state index in [0.717, 1.165) is 18.8 Å². The van der Waals surface area contributed by atoms with Gasteiger partial charge in [-0.25, -0.2) is 4.79 Å². The van der Waals surface area contributed by atoms with Crippen molar-refractivity contribution in [3.63, 3.8) is 0 Å². The number of nitrogens with zero attached hydrogens (tertiary/aromatic N) is 1. The number of aliphatic hydroxyl groups is 1. The SMILES string of the molecule is CCN(CCNC(=O)NCC(C)(O)c1ccc(C)o1)C1CC1. The smallest absolute Gasteiger partial charge is 0.314 e. The molecule has 1 atom stereocenters. The van der Waals surface area contributed by atoms with Crippen molar-refractivity contribution in [2.24, 2.45) is 0 Å². The molecule has 6 nitrogen and oxygen atoms in total. The lowest BCUT2D eigenvalue weighted by Gasteiger charge is -2.22. The van der Waals surface area contributed by atoms with Crippen LogP contribution in [0.15, 0.2) is 16.5 Å². The summed E-state index contributed by atoms with van der Waals surface area (Å²) in [5.41, 5.74) is -1.21. The third kappa shape index (κ3) is 4.74. The summed E-state index contributed by atoms with van der Waals surface area (Å²) in [6.07, 6.45) is 2.54. The van der Waals surface area contributed by atoms with Gasteiger partial charge in [-0.15, -0.1) is 0 Å². The Kier molecular flexibility index (Phi) is 5.47. The highest BCUT2D eigenvalue weighted by Gasteiger charge is 2.28. The van der Waals surface area contributed by atoms with Crippen LogP contribution in [0.3, 0.4) is 0 Å². The number of furan rings is 1. The lowest BCUT2D eigenvalue weighted by atomic mass is 10.0. The predicted octanol–water partition coefficient (Wildman–Crippen LogP) is 1.58. The molecule has 1 aliphatic carbocycles. The van der Waals surface area contributed by atoms with Crippen molar-refractivity contribution >= 4 is 6.03 Å². The quantitative estimate of drug-likeness (QED) is 0.681. The Bertz CT molecular complexity index is 495. The zero-order valence-corrected chi connectivity index (χ0v) is 13.7. The first kappa shape index (κ1) is 16.8. The van der Waals surface area contributed by atoms with Crippen molar-refractivity contribution in [2.45, 2.75) is 45.3 Å². The number of carbonyl (C=O) groups is 1. The normalized spacial score (nSPS) is 17.3. The van der Waals surface area contributed by atoms with E-state index in [1.54, 1.807) is 19.1 Å². The van der Waals surface area contributed by atoms with Crippen LogP contribution in [0.25, 0.3) is 0 Å². The first-order valence-corrected chi connectivity index (χ1v) is 7.97. The maximum atomic E-state index is 11.8. The topological polar surface area (TPSA) is 77.7 Å². The number of nitrogens with one attached hydrogen (secondary N) is 2. The molecule has 1 aromatic rings. The fourth-order valence-corrected chi connectivity index (χ4v) is 2.48. The van der Waals surface area contributed by atoms with Crippen LogP contribution >= 0.6 is 0 Å². The van der Waals surface area contributed by atoms with Crippen molar-refractivity contribution in [1.29, 1.82) is 0 Å². The molecule has 2 amide bonds. The molecule has 2 rings (SSSR count). The zero-order chi connectivity index (χ0) is 16.2. The number of urea groups is 1. The second-order valence-electron chi connectivity index (χ2n) is 6.15. The predicted molar refractivity (Wildman–Crippen MR) is 84.7 cm³/mol. The summed E-state index contributed by atoms with van der Waals surface area (Å²) in [6, 6.07) is 3.96. The Balaban J connectivity index is 1.68. The molecule has 124 valence electrons. The Morgan fingerprint density at radius 3 is 2.73 bits per heavy atom. The lowest BCUT2D eigenvalue weighted by Crippen LogP contribution is -2.45. The van der Waals surface area contributed by atoms with Crippen LogP contribution in [0.5, 0.6) is 0 Å². The molecule has 0 spiro atoms. The Morgan fingerprint density at radius 1 is 1.45 bits per heavy atom. The molecule has 1 aliphatic rings. The third-order valence-electron chi connectivity index (χ3n) is 4.02. The molecule has 1 unspecified atom stereocenters. The largest absolute Gasteiger partial charge is 0.463 e. The molecular formula is C16H27N3O3. The second-order valence-corrected chi connectivity index (χ2v) is 6.15. The minimum Gasteiger partial charge on any atom is -0.463 e. The van der Waals surface area contributed by atoms with E-state index in [9.17, 15) is 9.90 Å². The second kappa shape index (κ2) is 7.15. The molecule has 0 bridgehead atoms. The van der Waals surface area contributed by atoms with E-state index >= 15 is 0 Å². The van der Waals surface area contributed by atoms with Crippen LogP contribution in [-0.2, 0) is 5.60 Å². The van der Waals surface area contributed by atoms with Gasteiger partial charge in [0.2, 0.25) is 0 Å². The van der Waals surface area contributed by atoms with Gasteiger partial charge in [-0.2, -0.15) is 0 Å².